The molecular formula is C22H28O5. The molecule has 1 aromatic rings. The molecule has 0 spiro atoms. The average Bonchev–Trinajstić information content (AvgIpc) is 3.09. The average molecular weight is 372 g/mol. The van der Waals surface area contributed by atoms with E-state index in [2.05, 4.69) is 17.9 Å². The minimum atomic E-state index is -2.72. The number of para-hydroxylation sites is 1. The molecule has 0 aromatic heterocycles. The first-order valence-corrected chi connectivity index (χ1v) is 9.41. The van der Waals surface area contributed by atoms with Crippen molar-refractivity contribution in [3.63, 3.8) is 0 Å². The lowest BCUT2D eigenvalue weighted by Gasteiger charge is -2.14. The number of hydrogen-bond acceptors (Lipinski definition) is 4. The first-order chi connectivity index (χ1) is 13.0. The highest BCUT2D eigenvalue weighted by Gasteiger charge is 2.31. The lowest BCUT2D eigenvalue weighted by molar-refractivity contribution is -0.201. The zero-order chi connectivity index (χ0) is 19.5. The molecule has 0 heterocycles. The maximum Gasteiger partial charge on any atom is 0.364 e. The van der Waals surface area contributed by atoms with Crippen LogP contribution >= 0.6 is 0 Å². The highest BCUT2D eigenvalue weighted by molar-refractivity contribution is 5.75. The Labute approximate surface area is 160 Å². The molecule has 0 saturated heterocycles. The molecule has 0 bridgehead atoms. The number of aliphatic hydroxyl groups is 2. The second-order valence-electron chi connectivity index (χ2n) is 6.87. The van der Waals surface area contributed by atoms with Crippen molar-refractivity contribution in [2.24, 2.45) is 11.8 Å². The highest BCUT2D eigenvalue weighted by atomic mass is 16.5. The van der Waals surface area contributed by atoms with Gasteiger partial charge in [-0.15, -0.1) is 5.73 Å². The third-order valence-electron chi connectivity index (χ3n) is 4.78. The van der Waals surface area contributed by atoms with Crippen molar-refractivity contribution in [1.29, 1.82) is 0 Å². The zero-order valence-corrected chi connectivity index (χ0v) is 15.5. The van der Waals surface area contributed by atoms with Gasteiger partial charge in [0.2, 0.25) is 0 Å². The van der Waals surface area contributed by atoms with E-state index in [0.717, 1.165) is 25.0 Å². The van der Waals surface area contributed by atoms with E-state index in [0.29, 0.717) is 18.4 Å². The number of benzene rings is 1. The first kappa shape index (κ1) is 21.0. The van der Waals surface area contributed by atoms with Crippen LogP contribution in [0.1, 0.15) is 38.5 Å². The normalized spacial score (nSPS) is 19.6. The minimum Gasteiger partial charge on any atom is -0.493 e. The van der Waals surface area contributed by atoms with Gasteiger partial charge in [-0.05, 0) is 61.8 Å². The largest absolute Gasteiger partial charge is 0.493 e. The molecule has 5 heteroatoms. The molecule has 5 nitrogen and oxygen atoms in total. The summed E-state index contributed by atoms with van der Waals surface area (Å²) in [4.78, 5) is 10.6. The van der Waals surface area contributed by atoms with Gasteiger partial charge in [0.1, 0.15) is 5.75 Å². The predicted molar refractivity (Wildman–Crippen MR) is 103 cm³/mol. The summed E-state index contributed by atoms with van der Waals surface area (Å²) in [5, 5.41) is 27.0. The molecular weight excluding hydrogens is 344 g/mol. The van der Waals surface area contributed by atoms with Crippen molar-refractivity contribution in [1.82, 2.24) is 0 Å². The predicted octanol–water partition coefficient (Wildman–Crippen LogP) is 3.69. The number of ether oxygens (including phenoxy) is 1. The standard InChI is InChI=1S/C22H28O5/c23-21(24)22(25,26)16-7-2-3-10-18-12-9-13-19(18)11-6-8-17-27-20-14-4-1-5-15-20/h1,3-7,11,14-15,18-19,25-26H,8-10,12-13,16-17H2,(H,23,24)/b11-6+/t2?,18-,19-/m0/s1. The maximum atomic E-state index is 10.6. The van der Waals surface area contributed by atoms with Gasteiger partial charge >= 0.3 is 5.97 Å². The number of carboxylic acids is 1. The van der Waals surface area contributed by atoms with Crippen LogP contribution < -0.4 is 4.74 Å². The van der Waals surface area contributed by atoms with Gasteiger partial charge < -0.3 is 20.1 Å². The molecule has 3 N–H and O–H groups in total. The highest BCUT2D eigenvalue weighted by Crippen LogP contribution is 2.35. The van der Waals surface area contributed by atoms with E-state index in [1.54, 1.807) is 0 Å². The first-order valence-electron chi connectivity index (χ1n) is 9.41. The second kappa shape index (κ2) is 10.7. The van der Waals surface area contributed by atoms with Crippen LogP contribution in [0.3, 0.4) is 0 Å². The van der Waals surface area contributed by atoms with Crippen molar-refractivity contribution in [3.8, 4) is 5.75 Å². The zero-order valence-electron chi connectivity index (χ0n) is 15.5. The van der Waals surface area contributed by atoms with Crippen molar-refractivity contribution in [2.75, 3.05) is 6.61 Å². The van der Waals surface area contributed by atoms with Crippen molar-refractivity contribution < 1.29 is 24.9 Å². The molecule has 1 aliphatic rings. The lowest BCUT2D eigenvalue weighted by Crippen LogP contribution is -2.37. The Morgan fingerprint density at radius 2 is 2.00 bits per heavy atom. The molecule has 0 aliphatic heterocycles. The number of hydrogen-bond donors (Lipinski definition) is 3. The van der Waals surface area contributed by atoms with Gasteiger partial charge in [0.05, 0.1) is 6.61 Å². The molecule has 2 rings (SSSR count). The van der Waals surface area contributed by atoms with Crippen molar-refractivity contribution in [3.05, 3.63) is 60.4 Å². The van der Waals surface area contributed by atoms with Crippen LogP contribution in [0.2, 0.25) is 0 Å². The number of carbonyl (C=O) groups is 1. The second-order valence-corrected chi connectivity index (χ2v) is 6.87. The molecule has 1 fully saturated rings. The van der Waals surface area contributed by atoms with E-state index in [-0.39, 0.29) is 6.42 Å². The third kappa shape index (κ3) is 7.43. The number of allylic oxidation sites excluding steroid dienone is 1. The topological polar surface area (TPSA) is 87.0 Å². The van der Waals surface area contributed by atoms with Crippen LogP contribution in [0.15, 0.2) is 60.4 Å². The quantitative estimate of drug-likeness (QED) is 0.252. The summed E-state index contributed by atoms with van der Waals surface area (Å²) >= 11 is 0. The Morgan fingerprint density at radius 3 is 2.74 bits per heavy atom. The maximum absolute atomic E-state index is 10.6. The molecule has 1 aliphatic carbocycles. The van der Waals surface area contributed by atoms with Gasteiger partial charge in [-0.25, -0.2) is 4.79 Å². The summed E-state index contributed by atoms with van der Waals surface area (Å²) in [6.07, 6.45) is 12.6. The van der Waals surface area contributed by atoms with Gasteiger partial charge in [-0.3, -0.25) is 0 Å². The molecule has 27 heavy (non-hydrogen) atoms. The third-order valence-corrected chi connectivity index (χ3v) is 4.78. The van der Waals surface area contributed by atoms with Gasteiger partial charge in [0.15, 0.2) is 0 Å². The summed E-state index contributed by atoms with van der Waals surface area (Å²) in [5.41, 5.74) is 2.86. The monoisotopic (exact) mass is 372 g/mol. The van der Waals surface area contributed by atoms with Crippen LogP contribution in [-0.2, 0) is 4.79 Å². The van der Waals surface area contributed by atoms with E-state index in [4.69, 9.17) is 9.84 Å². The Balaban J connectivity index is 1.71. The Kier molecular flexibility index (Phi) is 8.34. The Morgan fingerprint density at radius 1 is 1.22 bits per heavy atom. The van der Waals surface area contributed by atoms with Crippen molar-refractivity contribution >= 4 is 5.97 Å². The smallest absolute Gasteiger partial charge is 0.364 e. The lowest BCUT2D eigenvalue weighted by atomic mass is 9.92. The van der Waals surface area contributed by atoms with E-state index in [1.165, 1.54) is 18.9 Å². The molecule has 1 aromatic carbocycles. The van der Waals surface area contributed by atoms with E-state index in [9.17, 15) is 15.0 Å². The summed E-state index contributed by atoms with van der Waals surface area (Å²) in [6.45, 7) is 0.661. The fraction of sp³-hybridized carbons (Fsp3) is 0.455. The number of rotatable bonds is 10. The van der Waals surface area contributed by atoms with E-state index >= 15 is 0 Å². The fourth-order valence-electron chi connectivity index (χ4n) is 3.24. The molecule has 146 valence electrons. The van der Waals surface area contributed by atoms with E-state index < -0.39 is 11.8 Å². The Hall–Kier alpha value is -2.33. The summed E-state index contributed by atoms with van der Waals surface area (Å²) < 4.78 is 5.68. The molecule has 0 unspecified atom stereocenters. The molecule has 1 saturated carbocycles. The summed E-state index contributed by atoms with van der Waals surface area (Å²) in [5.74, 6) is -2.41. The number of aliphatic carboxylic acids is 1. The fourth-order valence-corrected chi connectivity index (χ4v) is 3.24. The van der Waals surface area contributed by atoms with Gasteiger partial charge in [-0.2, -0.15) is 0 Å². The van der Waals surface area contributed by atoms with Crippen LogP contribution in [0.25, 0.3) is 0 Å². The SMILES string of the molecule is O=C(O)C(O)(O)CC=C=CC[C@H]1CCC[C@@H]1/C=C/CCOc1ccccc1. The molecule has 2 atom stereocenters. The minimum absolute atomic E-state index is 0.381. The van der Waals surface area contributed by atoms with Crippen LogP contribution in [0.4, 0.5) is 0 Å². The molecule has 0 radical (unpaired) electrons. The summed E-state index contributed by atoms with van der Waals surface area (Å²) in [6, 6.07) is 9.78. The Bertz CT molecular complexity index is 671. The van der Waals surface area contributed by atoms with Gasteiger partial charge in [0.25, 0.3) is 5.79 Å². The van der Waals surface area contributed by atoms with Gasteiger partial charge in [-0.1, -0.05) is 36.8 Å². The van der Waals surface area contributed by atoms with Crippen LogP contribution in [-0.4, -0.2) is 33.7 Å². The summed E-state index contributed by atoms with van der Waals surface area (Å²) in [7, 11) is 0. The van der Waals surface area contributed by atoms with Crippen molar-refractivity contribution in [2.45, 2.75) is 44.3 Å². The van der Waals surface area contributed by atoms with Crippen LogP contribution in [0.5, 0.6) is 5.75 Å². The molecule has 0 amide bonds. The van der Waals surface area contributed by atoms with Gasteiger partial charge in [0, 0.05) is 6.42 Å². The van der Waals surface area contributed by atoms with E-state index in [1.807, 2.05) is 36.4 Å². The van der Waals surface area contributed by atoms with Crippen LogP contribution in [0, 0.1) is 11.8 Å². The number of carboxylic acid groups (broad SMARTS) is 1.